The maximum Gasteiger partial charge on any atom is 0.191 e. The lowest BCUT2D eigenvalue weighted by Crippen LogP contribution is -2.09. The van der Waals surface area contributed by atoms with E-state index in [1.54, 1.807) is 11.8 Å². The molecule has 1 atom stereocenters. The molecule has 0 amide bonds. The van der Waals surface area contributed by atoms with Crippen LogP contribution in [0, 0.1) is 5.92 Å². The third kappa shape index (κ3) is 3.49. The molecule has 0 saturated heterocycles. The quantitative estimate of drug-likeness (QED) is 0.745. The molecule has 1 aromatic rings. The van der Waals surface area contributed by atoms with Crippen LogP contribution in [0.15, 0.2) is 5.16 Å². The molecule has 92 valence electrons. The highest BCUT2D eigenvalue weighted by Gasteiger charge is 2.11. The van der Waals surface area contributed by atoms with Gasteiger partial charge in [0.2, 0.25) is 0 Å². The molecular formula is C11H22N4S. The SMILES string of the molecule is CCCn1c(CN)nnc1SCC(C)CC. The van der Waals surface area contributed by atoms with Crippen LogP contribution in [0.5, 0.6) is 0 Å². The summed E-state index contributed by atoms with van der Waals surface area (Å²) in [6.45, 7) is 8.06. The van der Waals surface area contributed by atoms with Crippen LogP contribution in [0.3, 0.4) is 0 Å². The highest BCUT2D eigenvalue weighted by Crippen LogP contribution is 2.21. The molecule has 0 aliphatic heterocycles. The first-order valence-corrected chi connectivity index (χ1v) is 6.96. The number of rotatable bonds is 7. The topological polar surface area (TPSA) is 56.7 Å². The molecule has 16 heavy (non-hydrogen) atoms. The van der Waals surface area contributed by atoms with Crippen LogP contribution in [0.2, 0.25) is 0 Å². The lowest BCUT2D eigenvalue weighted by molar-refractivity contribution is 0.588. The molecule has 1 heterocycles. The largest absolute Gasteiger partial charge is 0.324 e. The zero-order valence-electron chi connectivity index (χ0n) is 10.4. The fourth-order valence-corrected chi connectivity index (χ4v) is 2.48. The van der Waals surface area contributed by atoms with E-state index in [9.17, 15) is 0 Å². The van der Waals surface area contributed by atoms with E-state index in [1.807, 2.05) is 0 Å². The van der Waals surface area contributed by atoms with Gasteiger partial charge in [-0.25, -0.2) is 0 Å². The van der Waals surface area contributed by atoms with Gasteiger partial charge in [-0.2, -0.15) is 0 Å². The van der Waals surface area contributed by atoms with Crippen molar-refractivity contribution >= 4 is 11.8 Å². The average Bonchev–Trinajstić information content (AvgIpc) is 2.69. The smallest absolute Gasteiger partial charge is 0.191 e. The van der Waals surface area contributed by atoms with Gasteiger partial charge >= 0.3 is 0 Å². The highest BCUT2D eigenvalue weighted by molar-refractivity contribution is 7.99. The molecule has 1 aromatic heterocycles. The number of hydrogen-bond donors (Lipinski definition) is 1. The molecule has 0 radical (unpaired) electrons. The van der Waals surface area contributed by atoms with Crippen LogP contribution in [0.25, 0.3) is 0 Å². The summed E-state index contributed by atoms with van der Waals surface area (Å²) in [4.78, 5) is 0. The number of hydrogen-bond acceptors (Lipinski definition) is 4. The van der Waals surface area contributed by atoms with Gasteiger partial charge in [-0.3, -0.25) is 0 Å². The summed E-state index contributed by atoms with van der Waals surface area (Å²) in [6, 6.07) is 0. The van der Waals surface area contributed by atoms with Crippen molar-refractivity contribution in [3.8, 4) is 0 Å². The first-order chi connectivity index (χ1) is 7.72. The normalized spacial score (nSPS) is 13.0. The number of aromatic nitrogens is 3. The lowest BCUT2D eigenvalue weighted by Gasteiger charge is -2.09. The fraction of sp³-hybridized carbons (Fsp3) is 0.818. The van der Waals surface area contributed by atoms with E-state index in [-0.39, 0.29) is 0 Å². The van der Waals surface area contributed by atoms with E-state index in [0.717, 1.165) is 35.6 Å². The molecule has 0 aliphatic rings. The van der Waals surface area contributed by atoms with Crippen molar-refractivity contribution in [3.63, 3.8) is 0 Å². The van der Waals surface area contributed by atoms with E-state index >= 15 is 0 Å². The Labute approximate surface area is 102 Å². The van der Waals surface area contributed by atoms with Gasteiger partial charge in [0.25, 0.3) is 0 Å². The molecule has 5 heteroatoms. The van der Waals surface area contributed by atoms with Gasteiger partial charge in [0.15, 0.2) is 5.16 Å². The van der Waals surface area contributed by atoms with Gasteiger partial charge in [-0.1, -0.05) is 39.0 Å². The summed E-state index contributed by atoms with van der Waals surface area (Å²) in [7, 11) is 0. The Morgan fingerprint density at radius 2 is 2.12 bits per heavy atom. The molecule has 0 spiro atoms. The zero-order chi connectivity index (χ0) is 12.0. The summed E-state index contributed by atoms with van der Waals surface area (Å²) in [5.41, 5.74) is 5.64. The predicted molar refractivity (Wildman–Crippen MR) is 68.4 cm³/mol. The number of nitrogens with zero attached hydrogens (tertiary/aromatic N) is 3. The highest BCUT2D eigenvalue weighted by atomic mass is 32.2. The minimum Gasteiger partial charge on any atom is -0.324 e. The Kier molecular flexibility index (Phi) is 5.84. The van der Waals surface area contributed by atoms with Gasteiger partial charge in [0.1, 0.15) is 5.82 Å². The molecule has 0 saturated carbocycles. The summed E-state index contributed by atoms with van der Waals surface area (Å²) in [5, 5.41) is 9.35. The van der Waals surface area contributed by atoms with E-state index in [2.05, 4.69) is 35.5 Å². The summed E-state index contributed by atoms with van der Waals surface area (Å²) < 4.78 is 2.15. The van der Waals surface area contributed by atoms with Crippen LogP contribution in [0.1, 0.15) is 39.4 Å². The molecule has 2 N–H and O–H groups in total. The third-order valence-electron chi connectivity index (χ3n) is 2.62. The summed E-state index contributed by atoms with van der Waals surface area (Å²) >= 11 is 1.79. The number of nitrogens with two attached hydrogens (primary N) is 1. The van der Waals surface area contributed by atoms with Crippen molar-refractivity contribution in [2.75, 3.05) is 5.75 Å². The van der Waals surface area contributed by atoms with Crippen LogP contribution in [-0.4, -0.2) is 20.5 Å². The molecule has 0 bridgehead atoms. The van der Waals surface area contributed by atoms with Crippen molar-refractivity contribution in [2.24, 2.45) is 11.7 Å². The standard InChI is InChI=1S/C11H22N4S/c1-4-6-15-10(7-12)13-14-11(15)16-8-9(3)5-2/h9H,4-8,12H2,1-3H3. The van der Waals surface area contributed by atoms with Crippen LogP contribution in [-0.2, 0) is 13.1 Å². The Bertz CT molecular complexity index is 311. The molecule has 1 rings (SSSR count). The molecule has 0 aliphatic carbocycles. The third-order valence-corrected chi connectivity index (χ3v) is 3.91. The van der Waals surface area contributed by atoms with Crippen molar-refractivity contribution in [2.45, 2.75) is 51.9 Å². The minimum atomic E-state index is 0.469. The Balaban J connectivity index is 2.67. The van der Waals surface area contributed by atoms with Gasteiger partial charge in [0, 0.05) is 12.3 Å². The Hall–Kier alpha value is -0.550. The second-order valence-corrected chi connectivity index (χ2v) is 5.07. The van der Waals surface area contributed by atoms with Crippen LogP contribution < -0.4 is 5.73 Å². The molecule has 1 unspecified atom stereocenters. The second kappa shape index (κ2) is 6.91. The van der Waals surface area contributed by atoms with Crippen LogP contribution >= 0.6 is 11.8 Å². The van der Waals surface area contributed by atoms with Gasteiger partial charge in [-0.05, 0) is 12.3 Å². The van der Waals surface area contributed by atoms with Crippen molar-refractivity contribution < 1.29 is 0 Å². The first-order valence-electron chi connectivity index (χ1n) is 5.97. The molecule has 4 nitrogen and oxygen atoms in total. The van der Waals surface area contributed by atoms with E-state index in [0.29, 0.717) is 6.54 Å². The maximum atomic E-state index is 5.64. The van der Waals surface area contributed by atoms with E-state index in [1.165, 1.54) is 6.42 Å². The average molecular weight is 242 g/mol. The second-order valence-electron chi connectivity index (χ2n) is 4.08. The van der Waals surface area contributed by atoms with Gasteiger partial charge in [0.05, 0.1) is 6.54 Å². The zero-order valence-corrected chi connectivity index (χ0v) is 11.3. The predicted octanol–water partition coefficient (Wildman–Crippen LogP) is 2.29. The van der Waals surface area contributed by atoms with Crippen LogP contribution in [0.4, 0.5) is 0 Å². The first kappa shape index (κ1) is 13.5. The summed E-state index contributed by atoms with van der Waals surface area (Å²) in [6.07, 6.45) is 2.29. The van der Waals surface area contributed by atoms with Crippen molar-refractivity contribution in [1.82, 2.24) is 14.8 Å². The minimum absolute atomic E-state index is 0.469. The Morgan fingerprint density at radius 3 is 2.69 bits per heavy atom. The molecule has 0 fully saturated rings. The lowest BCUT2D eigenvalue weighted by atomic mass is 10.2. The molecule has 0 aromatic carbocycles. The Morgan fingerprint density at radius 1 is 1.38 bits per heavy atom. The van der Waals surface area contributed by atoms with Crippen molar-refractivity contribution in [3.05, 3.63) is 5.82 Å². The number of thioether (sulfide) groups is 1. The van der Waals surface area contributed by atoms with Crippen molar-refractivity contribution in [1.29, 1.82) is 0 Å². The van der Waals surface area contributed by atoms with Gasteiger partial charge in [-0.15, -0.1) is 10.2 Å². The summed E-state index contributed by atoms with van der Waals surface area (Å²) in [5.74, 6) is 2.72. The van der Waals surface area contributed by atoms with Gasteiger partial charge < -0.3 is 10.3 Å². The van der Waals surface area contributed by atoms with E-state index in [4.69, 9.17) is 5.73 Å². The van der Waals surface area contributed by atoms with E-state index < -0.39 is 0 Å². The maximum absolute atomic E-state index is 5.64. The molecular weight excluding hydrogens is 220 g/mol. The monoisotopic (exact) mass is 242 g/mol. The fourth-order valence-electron chi connectivity index (χ4n) is 1.36.